The lowest BCUT2D eigenvalue weighted by Gasteiger charge is -2.31. The Bertz CT molecular complexity index is 417. The number of hydrogen-bond acceptors (Lipinski definition) is 4. The van der Waals surface area contributed by atoms with Crippen LogP contribution in [-0.4, -0.2) is 47.7 Å². The lowest BCUT2D eigenvalue weighted by molar-refractivity contribution is 0.102. The van der Waals surface area contributed by atoms with Gasteiger partial charge >= 0.3 is 0 Å². The first-order valence-electron chi connectivity index (χ1n) is 8.13. The van der Waals surface area contributed by atoms with E-state index in [2.05, 4.69) is 35.6 Å². The Kier molecular flexibility index (Phi) is 5.71. The Balaban J connectivity index is 1.85. The van der Waals surface area contributed by atoms with Gasteiger partial charge in [0.2, 0.25) is 0 Å². The molecule has 1 fully saturated rings. The van der Waals surface area contributed by atoms with E-state index < -0.39 is 0 Å². The van der Waals surface area contributed by atoms with Crippen LogP contribution in [0.25, 0.3) is 0 Å². The highest BCUT2D eigenvalue weighted by Gasteiger charge is 2.22. The predicted octanol–water partition coefficient (Wildman–Crippen LogP) is 2.99. The van der Waals surface area contributed by atoms with Crippen molar-refractivity contribution in [3.8, 4) is 0 Å². The zero-order valence-electron chi connectivity index (χ0n) is 13.9. The van der Waals surface area contributed by atoms with E-state index in [4.69, 9.17) is 4.74 Å². The highest BCUT2D eigenvalue weighted by atomic mass is 16.5. The Morgan fingerprint density at radius 1 is 1.19 bits per heavy atom. The van der Waals surface area contributed by atoms with Crippen LogP contribution in [0.1, 0.15) is 57.8 Å². The number of nitrogens with zero attached hydrogens (tertiary/aromatic N) is 3. The van der Waals surface area contributed by atoms with Gasteiger partial charge in [-0.25, -0.2) is 9.97 Å². The molecule has 0 atom stereocenters. The largest absolute Gasteiger partial charge is 0.380 e. The van der Waals surface area contributed by atoms with Crippen molar-refractivity contribution >= 4 is 0 Å². The molecule has 21 heavy (non-hydrogen) atoms. The molecule has 0 unspecified atom stereocenters. The van der Waals surface area contributed by atoms with Crippen LogP contribution in [0, 0.1) is 0 Å². The molecule has 0 bridgehead atoms. The van der Waals surface area contributed by atoms with Crippen molar-refractivity contribution < 1.29 is 4.74 Å². The average Bonchev–Trinajstić information content (AvgIpc) is 2.48. The fourth-order valence-corrected chi connectivity index (χ4v) is 2.76. The Labute approximate surface area is 128 Å². The minimum atomic E-state index is 0.0289. The van der Waals surface area contributed by atoms with E-state index in [1.165, 1.54) is 18.4 Å². The Hall–Kier alpha value is -1.00. The molecule has 4 nitrogen and oxygen atoms in total. The SMILES string of the molecule is CCOCCN1CCC(c2cnc(C(C)(C)C)nc2)CC1. The number of rotatable bonds is 5. The van der Waals surface area contributed by atoms with Crippen LogP contribution >= 0.6 is 0 Å². The van der Waals surface area contributed by atoms with Crippen LogP contribution < -0.4 is 0 Å². The molecule has 0 spiro atoms. The fourth-order valence-electron chi connectivity index (χ4n) is 2.76. The first-order valence-corrected chi connectivity index (χ1v) is 8.13. The van der Waals surface area contributed by atoms with E-state index in [0.29, 0.717) is 5.92 Å². The molecule has 0 radical (unpaired) electrons. The van der Waals surface area contributed by atoms with Gasteiger partial charge in [-0.1, -0.05) is 20.8 Å². The minimum absolute atomic E-state index is 0.0289. The van der Waals surface area contributed by atoms with Crippen molar-refractivity contribution in [2.75, 3.05) is 32.8 Å². The summed E-state index contributed by atoms with van der Waals surface area (Å²) in [6, 6.07) is 0. The molecule has 0 N–H and O–H groups in total. The van der Waals surface area contributed by atoms with E-state index in [-0.39, 0.29) is 5.41 Å². The second-order valence-corrected chi connectivity index (χ2v) is 6.90. The fraction of sp³-hybridized carbons (Fsp3) is 0.765. The molecule has 1 aromatic heterocycles. The van der Waals surface area contributed by atoms with Crippen molar-refractivity contribution in [3.63, 3.8) is 0 Å². The van der Waals surface area contributed by atoms with Crippen molar-refractivity contribution in [3.05, 3.63) is 23.8 Å². The van der Waals surface area contributed by atoms with Crippen LogP contribution in [0.4, 0.5) is 0 Å². The molecule has 1 aliphatic heterocycles. The monoisotopic (exact) mass is 291 g/mol. The number of piperidine rings is 1. The van der Waals surface area contributed by atoms with Crippen LogP contribution in [0.5, 0.6) is 0 Å². The molecule has 0 aromatic carbocycles. The second-order valence-electron chi connectivity index (χ2n) is 6.90. The maximum absolute atomic E-state index is 5.43. The van der Waals surface area contributed by atoms with Gasteiger partial charge in [0, 0.05) is 31.0 Å². The number of aromatic nitrogens is 2. The van der Waals surface area contributed by atoms with Gasteiger partial charge in [0.25, 0.3) is 0 Å². The maximum Gasteiger partial charge on any atom is 0.133 e. The predicted molar refractivity (Wildman–Crippen MR) is 85.6 cm³/mol. The molecule has 0 saturated carbocycles. The summed E-state index contributed by atoms with van der Waals surface area (Å²) >= 11 is 0. The van der Waals surface area contributed by atoms with Crippen molar-refractivity contribution in [1.82, 2.24) is 14.9 Å². The third-order valence-corrected chi connectivity index (χ3v) is 4.16. The van der Waals surface area contributed by atoms with E-state index in [9.17, 15) is 0 Å². The lowest BCUT2D eigenvalue weighted by atomic mass is 9.90. The summed E-state index contributed by atoms with van der Waals surface area (Å²) in [4.78, 5) is 11.6. The Morgan fingerprint density at radius 2 is 1.81 bits per heavy atom. The molecule has 2 heterocycles. The number of ether oxygens (including phenoxy) is 1. The van der Waals surface area contributed by atoms with Gasteiger partial charge in [-0.3, -0.25) is 0 Å². The summed E-state index contributed by atoms with van der Waals surface area (Å²) in [5.41, 5.74) is 1.33. The maximum atomic E-state index is 5.43. The normalized spacial score (nSPS) is 18.1. The van der Waals surface area contributed by atoms with E-state index in [1.54, 1.807) is 0 Å². The Morgan fingerprint density at radius 3 is 2.33 bits per heavy atom. The van der Waals surface area contributed by atoms with Crippen molar-refractivity contribution in [2.45, 2.75) is 51.9 Å². The molecule has 118 valence electrons. The van der Waals surface area contributed by atoms with Crippen LogP contribution in [0.3, 0.4) is 0 Å². The van der Waals surface area contributed by atoms with Gasteiger partial charge in [0.05, 0.1) is 6.61 Å². The van der Waals surface area contributed by atoms with Crippen LogP contribution in [0.15, 0.2) is 12.4 Å². The summed E-state index contributed by atoms with van der Waals surface area (Å²) in [6.45, 7) is 13.5. The van der Waals surface area contributed by atoms with E-state index >= 15 is 0 Å². The molecule has 0 amide bonds. The third-order valence-electron chi connectivity index (χ3n) is 4.16. The molecular formula is C17H29N3O. The van der Waals surface area contributed by atoms with Crippen LogP contribution in [0.2, 0.25) is 0 Å². The zero-order chi connectivity index (χ0) is 15.3. The van der Waals surface area contributed by atoms with Crippen molar-refractivity contribution in [2.24, 2.45) is 0 Å². The molecule has 4 heteroatoms. The van der Waals surface area contributed by atoms with Crippen LogP contribution in [-0.2, 0) is 10.2 Å². The molecule has 1 aromatic rings. The summed E-state index contributed by atoms with van der Waals surface area (Å²) in [6.07, 6.45) is 6.47. The summed E-state index contributed by atoms with van der Waals surface area (Å²) in [5.74, 6) is 1.54. The quantitative estimate of drug-likeness (QED) is 0.782. The van der Waals surface area contributed by atoms with Gasteiger partial charge in [-0.05, 0) is 44.3 Å². The van der Waals surface area contributed by atoms with E-state index in [0.717, 1.165) is 38.7 Å². The summed E-state index contributed by atoms with van der Waals surface area (Å²) in [5, 5.41) is 0. The first kappa shape index (κ1) is 16.4. The molecule has 1 aliphatic rings. The topological polar surface area (TPSA) is 38.2 Å². The highest BCUT2D eigenvalue weighted by molar-refractivity contribution is 5.15. The lowest BCUT2D eigenvalue weighted by Crippen LogP contribution is -2.35. The van der Waals surface area contributed by atoms with Gasteiger partial charge in [-0.2, -0.15) is 0 Å². The highest BCUT2D eigenvalue weighted by Crippen LogP contribution is 2.28. The van der Waals surface area contributed by atoms with Gasteiger partial charge < -0.3 is 9.64 Å². The van der Waals surface area contributed by atoms with E-state index in [1.807, 2.05) is 19.3 Å². The second kappa shape index (κ2) is 7.32. The summed E-state index contributed by atoms with van der Waals surface area (Å²) < 4.78 is 5.43. The summed E-state index contributed by atoms with van der Waals surface area (Å²) in [7, 11) is 0. The average molecular weight is 291 g/mol. The standard InChI is InChI=1S/C17H29N3O/c1-5-21-11-10-20-8-6-14(7-9-20)15-12-18-16(19-13-15)17(2,3)4/h12-14H,5-11H2,1-4H3. The number of likely N-dealkylation sites (tertiary alicyclic amines) is 1. The van der Waals surface area contributed by atoms with Crippen molar-refractivity contribution in [1.29, 1.82) is 0 Å². The first-order chi connectivity index (χ1) is 10.0. The zero-order valence-corrected chi connectivity index (χ0v) is 13.9. The van der Waals surface area contributed by atoms with Gasteiger partial charge in [0.1, 0.15) is 5.82 Å². The number of hydrogen-bond donors (Lipinski definition) is 0. The molecular weight excluding hydrogens is 262 g/mol. The molecule has 0 aliphatic carbocycles. The minimum Gasteiger partial charge on any atom is -0.380 e. The smallest absolute Gasteiger partial charge is 0.133 e. The van der Waals surface area contributed by atoms with Gasteiger partial charge in [-0.15, -0.1) is 0 Å². The molecule has 2 rings (SSSR count). The third kappa shape index (κ3) is 4.75. The van der Waals surface area contributed by atoms with Gasteiger partial charge in [0.15, 0.2) is 0 Å². The molecule has 1 saturated heterocycles.